The lowest BCUT2D eigenvalue weighted by atomic mass is 10.1. The second-order valence-electron chi connectivity index (χ2n) is 8.26. The first-order chi connectivity index (χ1) is 15.7. The van der Waals surface area contributed by atoms with Crippen LogP contribution in [0.5, 0.6) is 5.75 Å². The molecule has 0 aromatic heterocycles. The van der Waals surface area contributed by atoms with Gasteiger partial charge in [0.2, 0.25) is 11.8 Å². The standard InChI is InChI=1S/C26H34Cl2N2O3/c1-5-19(4)29-26(32)24(6-2)30(17-20-11-12-21(27)16-23(20)28)25(31)8-7-15-33-22-13-9-18(3)10-14-22/h9-14,16,19,24H,5-8,15,17H2,1-4H3,(H,29,32)/t19-,24-/m0/s1. The van der Waals surface area contributed by atoms with Crippen molar-refractivity contribution >= 4 is 35.0 Å². The molecule has 0 aliphatic heterocycles. The van der Waals surface area contributed by atoms with E-state index >= 15 is 0 Å². The molecule has 180 valence electrons. The fourth-order valence-corrected chi connectivity index (χ4v) is 3.85. The summed E-state index contributed by atoms with van der Waals surface area (Å²) in [6.07, 6.45) is 2.12. The van der Waals surface area contributed by atoms with Gasteiger partial charge in [-0.05, 0) is 62.9 Å². The number of nitrogens with zero attached hydrogens (tertiary/aromatic N) is 1. The van der Waals surface area contributed by atoms with Gasteiger partial charge in [-0.1, -0.05) is 60.8 Å². The average Bonchev–Trinajstić information content (AvgIpc) is 2.78. The molecule has 0 unspecified atom stereocenters. The molecule has 2 atom stereocenters. The molecular formula is C26H34Cl2N2O3. The van der Waals surface area contributed by atoms with Crippen LogP contribution in [0.4, 0.5) is 0 Å². The lowest BCUT2D eigenvalue weighted by Gasteiger charge is -2.32. The number of ether oxygens (including phenoxy) is 1. The van der Waals surface area contributed by atoms with Crippen LogP contribution in [-0.4, -0.2) is 35.4 Å². The summed E-state index contributed by atoms with van der Waals surface area (Å²) in [5.74, 6) is 0.512. The maximum Gasteiger partial charge on any atom is 0.243 e. The van der Waals surface area contributed by atoms with Gasteiger partial charge in [-0.15, -0.1) is 0 Å². The molecule has 2 rings (SSSR count). The molecule has 0 bridgehead atoms. The first-order valence-electron chi connectivity index (χ1n) is 11.5. The molecule has 0 aliphatic carbocycles. The number of hydrogen-bond acceptors (Lipinski definition) is 3. The van der Waals surface area contributed by atoms with Gasteiger partial charge in [0.25, 0.3) is 0 Å². The van der Waals surface area contributed by atoms with E-state index in [0.29, 0.717) is 29.5 Å². The second-order valence-corrected chi connectivity index (χ2v) is 9.11. The van der Waals surface area contributed by atoms with Gasteiger partial charge in [0, 0.05) is 29.1 Å². The van der Waals surface area contributed by atoms with Crippen LogP contribution in [0.3, 0.4) is 0 Å². The van der Waals surface area contributed by atoms with Gasteiger partial charge in [0.15, 0.2) is 0 Å². The number of rotatable bonds is 12. The zero-order valence-corrected chi connectivity index (χ0v) is 21.4. The molecule has 1 N–H and O–H groups in total. The minimum absolute atomic E-state index is 0.0329. The van der Waals surface area contributed by atoms with E-state index in [9.17, 15) is 9.59 Å². The Morgan fingerprint density at radius 3 is 2.36 bits per heavy atom. The number of halogens is 2. The molecule has 0 saturated heterocycles. The fourth-order valence-electron chi connectivity index (χ4n) is 3.39. The van der Waals surface area contributed by atoms with E-state index in [1.807, 2.05) is 52.0 Å². The monoisotopic (exact) mass is 492 g/mol. The highest BCUT2D eigenvalue weighted by Gasteiger charge is 2.29. The molecule has 0 saturated carbocycles. The van der Waals surface area contributed by atoms with Crippen molar-refractivity contribution in [2.45, 2.75) is 72.0 Å². The predicted octanol–water partition coefficient (Wildman–Crippen LogP) is 6.18. The van der Waals surface area contributed by atoms with Crippen molar-refractivity contribution < 1.29 is 14.3 Å². The Hall–Kier alpha value is -2.24. The normalized spacial score (nSPS) is 12.7. The Balaban J connectivity index is 2.10. The summed E-state index contributed by atoms with van der Waals surface area (Å²) in [6.45, 7) is 8.54. The predicted molar refractivity (Wildman–Crippen MR) is 135 cm³/mol. The molecule has 0 radical (unpaired) electrons. The van der Waals surface area contributed by atoms with Crippen LogP contribution in [0.15, 0.2) is 42.5 Å². The van der Waals surface area contributed by atoms with Crippen molar-refractivity contribution in [2.24, 2.45) is 0 Å². The van der Waals surface area contributed by atoms with Crippen molar-refractivity contribution in [3.63, 3.8) is 0 Å². The number of benzene rings is 2. The summed E-state index contributed by atoms with van der Waals surface area (Å²) >= 11 is 12.4. The van der Waals surface area contributed by atoms with E-state index in [1.165, 1.54) is 0 Å². The van der Waals surface area contributed by atoms with Crippen LogP contribution in [0.1, 0.15) is 57.6 Å². The summed E-state index contributed by atoms with van der Waals surface area (Å²) in [7, 11) is 0. The Morgan fingerprint density at radius 1 is 1.06 bits per heavy atom. The van der Waals surface area contributed by atoms with E-state index in [4.69, 9.17) is 27.9 Å². The maximum atomic E-state index is 13.3. The third kappa shape index (κ3) is 8.56. The molecule has 2 aromatic carbocycles. The molecule has 2 aromatic rings. The zero-order chi connectivity index (χ0) is 24.4. The first kappa shape index (κ1) is 27.0. The van der Waals surface area contributed by atoms with E-state index < -0.39 is 6.04 Å². The van der Waals surface area contributed by atoms with Crippen molar-refractivity contribution in [1.29, 1.82) is 0 Å². The minimum atomic E-state index is -0.587. The zero-order valence-electron chi connectivity index (χ0n) is 19.9. The summed E-state index contributed by atoms with van der Waals surface area (Å²) in [5, 5.41) is 4.00. The molecular weight excluding hydrogens is 459 g/mol. The van der Waals surface area contributed by atoms with E-state index in [-0.39, 0.29) is 30.8 Å². The Labute approximate surface area is 207 Å². The third-order valence-electron chi connectivity index (χ3n) is 5.57. The Morgan fingerprint density at radius 2 is 1.76 bits per heavy atom. The summed E-state index contributed by atoms with van der Waals surface area (Å²) in [5.41, 5.74) is 1.91. The smallest absolute Gasteiger partial charge is 0.243 e. The molecule has 7 heteroatoms. The van der Waals surface area contributed by atoms with Gasteiger partial charge in [-0.25, -0.2) is 0 Å². The third-order valence-corrected chi connectivity index (χ3v) is 6.15. The highest BCUT2D eigenvalue weighted by Crippen LogP contribution is 2.24. The topological polar surface area (TPSA) is 58.6 Å². The molecule has 2 amide bonds. The largest absolute Gasteiger partial charge is 0.494 e. The van der Waals surface area contributed by atoms with Crippen molar-refractivity contribution in [3.8, 4) is 5.75 Å². The quantitative estimate of drug-likeness (QED) is 0.359. The van der Waals surface area contributed by atoms with Crippen LogP contribution in [0.25, 0.3) is 0 Å². The molecule has 0 spiro atoms. The lowest BCUT2D eigenvalue weighted by Crippen LogP contribution is -2.50. The van der Waals surface area contributed by atoms with Gasteiger partial charge in [-0.3, -0.25) is 9.59 Å². The van der Waals surface area contributed by atoms with Gasteiger partial charge in [-0.2, -0.15) is 0 Å². The van der Waals surface area contributed by atoms with Crippen LogP contribution < -0.4 is 10.1 Å². The Bertz CT molecular complexity index is 918. The van der Waals surface area contributed by atoms with Gasteiger partial charge in [0.05, 0.1) is 6.61 Å². The molecule has 0 heterocycles. The SMILES string of the molecule is CC[C@H](C)NC(=O)[C@H](CC)N(Cc1ccc(Cl)cc1Cl)C(=O)CCCOc1ccc(C)cc1. The molecule has 0 aliphatic rings. The van der Waals surface area contributed by atoms with E-state index in [0.717, 1.165) is 23.3 Å². The van der Waals surface area contributed by atoms with Gasteiger partial charge >= 0.3 is 0 Å². The van der Waals surface area contributed by atoms with Crippen LogP contribution in [0, 0.1) is 6.92 Å². The summed E-state index contributed by atoms with van der Waals surface area (Å²) in [4.78, 5) is 27.9. The first-order valence-corrected chi connectivity index (χ1v) is 12.2. The molecule has 33 heavy (non-hydrogen) atoms. The van der Waals surface area contributed by atoms with E-state index in [1.54, 1.807) is 23.1 Å². The summed E-state index contributed by atoms with van der Waals surface area (Å²) < 4.78 is 5.76. The highest BCUT2D eigenvalue weighted by atomic mass is 35.5. The van der Waals surface area contributed by atoms with Crippen LogP contribution in [0.2, 0.25) is 10.0 Å². The van der Waals surface area contributed by atoms with Gasteiger partial charge < -0.3 is 15.0 Å². The van der Waals surface area contributed by atoms with Crippen LogP contribution >= 0.6 is 23.2 Å². The Kier molecular flexibility index (Phi) is 11.0. The van der Waals surface area contributed by atoms with Gasteiger partial charge in [0.1, 0.15) is 11.8 Å². The maximum absolute atomic E-state index is 13.3. The number of carbonyl (C=O) groups excluding carboxylic acids is 2. The number of nitrogens with one attached hydrogen (secondary N) is 1. The van der Waals surface area contributed by atoms with Crippen molar-refractivity contribution in [1.82, 2.24) is 10.2 Å². The fraction of sp³-hybridized carbons (Fsp3) is 0.462. The average molecular weight is 493 g/mol. The van der Waals surface area contributed by atoms with Crippen molar-refractivity contribution in [2.75, 3.05) is 6.61 Å². The highest BCUT2D eigenvalue weighted by molar-refractivity contribution is 6.35. The summed E-state index contributed by atoms with van der Waals surface area (Å²) in [6, 6.07) is 12.4. The molecule has 0 fully saturated rings. The number of aryl methyl sites for hydroxylation is 1. The number of carbonyl (C=O) groups is 2. The molecule has 5 nitrogen and oxygen atoms in total. The van der Waals surface area contributed by atoms with E-state index in [2.05, 4.69) is 5.32 Å². The second kappa shape index (κ2) is 13.5. The number of hydrogen-bond donors (Lipinski definition) is 1. The van der Waals surface area contributed by atoms with Crippen molar-refractivity contribution in [3.05, 3.63) is 63.6 Å². The number of amides is 2. The minimum Gasteiger partial charge on any atom is -0.494 e. The van der Waals surface area contributed by atoms with Crippen LogP contribution in [-0.2, 0) is 16.1 Å². The lowest BCUT2D eigenvalue weighted by molar-refractivity contribution is -0.141.